The Labute approximate surface area is 111 Å². The van der Waals surface area contributed by atoms with E-state index in [9.17, 15) is 13.2 Å². The molecule has 1 fully saturated rings. The van der Waals surface area contributed by atoms with E-state index in [1.165, 1.54) is 0 Å². The van der Waals surface area contributed by atoms with Crippen molar-refractivity contribution >= 4 is 5.82 Å². The molecule has 1 saturated heterocycles. The molecule has 1 unspecified atom stereocenters. The average Bonchev–Trinajstić information content (AvgIpc) is 2.59. The van der Waals surface area contributed by atoms with E-state index in [4.69, 9.17) is 0 Å². The summed E-state index contributed by atoms with van der Waals surface area (Å²) in [6.07, 6.45) is 2.93. The van der Waals surface area contributed by atoms with Crippen LogP contribution in [-0.4, -0.2) is 18.1 Å². The standard InChI is InChI=1S/C14H19F3N2/c1-9(2)10-4-3-6-19(7-5-10)14-12(16)8-11(15)13(17)18-14/h8-10H,3-7H2,1-2H3. The van der Waals surface area contributed by atoms with E-state index in [-0.39, 0.29) is 5.82 Å². The van der Waals surface area contributed by atoms with E-state index in [0.717, 1.165) is 19.3 Å². The monoisotopic (exact) mass is 272 g/mol. The van der Waals surface area contributed by atoms with Crippen molar-refractivity contribution in [2.45, 2.75) is 33.1 Å². The predicted molar refractivity (Wildman–Crippen MR) is 68.5 cm³/mol. The first-order chi connectivity index (χ1) is 8.99. The van der Waals surface area contributed by atoms with Crippen LogP contribution in [0.15, 0.2) is 6.07 Å². The molecule has 0 amide bonds. The van der Waals surface area contributed by atoms with Gasteiger partial charge in [-0.15, -0.1) is 0 Å². The average molecular weight is 272 g/mol. The maximum absolute atomic E-state index is 13.7. The summed E-state index contributed by atoms with van der Waals surface area (Å²) in [7, 11) is 0. The normalized spacial score (nSPS) is 20.7. The van der Waals surface area contributed by atoms with Crippen molar-refractivity contribution in [3.05, 3.63) is 23.6 Å². The Balaban J connectivity index is 2.16. The fourth-order valence-electron chi connectivity index (χ4n) is 2.66. The molecule has 1 aliphatic rings. The van der Waals surface area contributed by atoms with Crippen LogP contribution in [0.1, 0.15) is 33.1 Å². The Morgan fingerprint density at radius 2 is 1.89 bits per heavy atom. The SMILES string of the molecule is CC(C)C1CCCN(c2nc(F)c(F)cc2F)CC1. The molecule has 0 aliphatic carbocycles. The lowest BCUT2D eigenvalue weighted by atomic mass is 9.89. The number of pyridine rings is 1. The van der Waals surface area contributed by atoms with Crippen LogP contribution < -0.4 is 4.90 Å². The molecule has 2 nitrogen and oxygen atoms in total. The molecular weight excluding hydrogens is 253 g/mol. The summed E-state index contributed by atoms with van der Waals surface area (Å²) in [6, 6.07) is 0.572. The highest BCUT2D eigenvalue weighted by atomic mass is 19.2. The zero-order valence-electron chi connectivity index (χ0n) is 11.3. The van der Waals surface area contributed by atoms with E-state index >= 15 is 0 Å². The van der Waals surface area contributed by atoms with Gasteiger partial charge >= 0.3 is 0 Å². The first kappa shape index (κ1) is 14.2. The van der Waals surface area contributed by atoms with Crippen molar-refractivity contribution in [1.29, 1.82) is 0 Å². The summed E-state index contributed by atoms with van der Waals surface area (Å²) in [5, 5.41) is 0. The highest BCUT2D eigenvalue weighted by Crippen LogP contribution is 2.28. The van der Waals surface area contributed by atoms with Crippen molar-refractivity contribution < 1.29 is 13.2 Å². The van der Waals surface area contributed by atoms with Crippen LogP contribution >= 0.6 is 0 Å². The molecule has 19 heavy (non-hydrogen) atoms. The summed E-state index contributed by atoms with van der Waals surface area (Å²) in [6.45, 7) is 5.63. The van der Waals surface area contributed by atoms with Crippen molar-refractivity contribution in [3.63, 3.8) is 0 Å². The van der Waals surface area contributed by atoms with Crippen molar-refractivity contribution in [2.75, 3.05) is 18.0 Å². The van der Waals surface area contributed by atoms with E-state index in [1.54, 1.807) is 4.90 Å². The van der Waals surface area contributed by atoms with Crippen molar-refractivity contribution in [2.24, 2.45) is 11.8 Å². The lowest BCUT2D eigenvalue weighted by Crippen LogP contribution is -2.27. The molecule has 5 heteroatoms. The fraction of sp³-hybridized carbons (Fsp3) is 0.643. The van der Waals surface area contributed by atoms with E-state index < -0.39 is 17.6 Å². The zero-order chi connectivity index (χ0) is 14.0. The first-order valence-electron chi connectivity index (χ1n) is 6.75. The van der Waals surface area contributed by atoms with Crippen LogP contribution in [0.4, 0.5) is 19.0 Å². The molecule has 0 saturated carbocycles. The molecule has 0 N–H and O–H groups in total. The maximum Gasteiger partial charge on any atom is 0.251 e. The zero-order valence-corrected chi connectivity index (χ0v) is 11.3. The van der Waals surface area contributed by atoms with Gasteiger partial charge in [0.05, 0.1) is 0 Å². The quantitative estimate of drug-likeness (QED) is 0.762. The summed E-state index contributed by atoms with van der Waals surface area (Å²) in [5.74, 6) is -2.15. The van der Waals surface area contributed by atoms with E-state index in [1.807, 2.05) is 0 Å². The number of hydrogen-bond donors (Lipinski definition) is 0. The molecule has 1 aromatic rings. The van der Waals surface area contributed by atoms with Crippen LogP contribution in [0.25, 0.3) is 0 Å². The highest BCUT2D eigenvalue weighted by Gasteiger charge is 2.23. The summed E-state index contributed by atoms with van der Waals surface area (Å²) in [5.41, 5.74) is 0. The lowest BCUT2D eigenvalue weighted by Gasteiger charge is -2.22. The van der Waals surface area contributed by atoms with Gasteiger partial charge in [-0.3, -0.25) is 0 Å². The van der Waals surface area contributed by atoms with Crippen LogP contribution in [0.2, 0.25) is 0 Å². The molecular formula is C14H19F3N2. The number of anilines is 1. The van der Waals surface area contributed by atoms with Crippen molar-refractivity contribution in [3.8, 4) is 0 Å². The van der Waals surface area contributed by atoms with Gasteiger partial charge in [0, 0.05) is 19.2 Å². The molecule has 0 radical (unpaired) electrons. The third-order valence-corrected chi connectivity index (χ3v) is 3.88. The molecule has 1 atom stereocenters. The second kappa shape index (κ2) is 5.80. The third kappa shape index (κ3) is 3.19. The maximum atomic E-state index is 13.7. The Morgan fingerprint density at radius 1 is 1.16 bits per heavy atom. The molecule has 106 valence electrons. The minimum Gasteiger partial charge on any atom is -0.354 e. The van der Waals surface area contributed by atoms with Crippen molar-refractivity contribution in [1.82, 2.24) is 4.98 Å². The lowest BCUT2D eigenvalue weighted by molar-refractivity contribution is 0.351. The summed E-state index contributed by atoms with van der Waals surface area (Å²) >= 11 is 0. The van der Waals surface area contributed by atoms with E-state index in [2.05, 4.69) is 18.8 Å². The van der Waals surface area contributed by atoms with Gasteiger partial charge in [-0.05, 0) is 31.1 Å². The smallest absolute Gasteiger partial charge is 0.251 e. The Kier molecular flexibility index (Phi) is 4.32. The molecule has 0 spiro atoms. The topological polar surface area (TPSA) is 16.1 Å². The van der Waals surface area contributed by atoms with Crippen LogP contribution in [0.5, 0.6) is 0 Å². The first-order valence-corrected chi connectivity index (χ1v) is 6.75. The van der Waals surface area contributed by atoms with Gasteiger partial charge in [0.25, 0.3) is 5.95 Å². The molecule has 2 heterocycles. The van der Waals surface area contributed by atoms with Gasteiger partial charge in [-0.1, -0.05) is 13.8 Å². The number of halogens is 3. The van der Waals surface area contributed by atoms with Gasteiger partial charge < -0.3 is 4.90 Å². The molecule has 0 bridgehead atoms. The predicted octanol–water partition coefficient (Wildman–Crippen LogP) is 3.76. The Morgan fingerprint density at radius 3 is 2.58 bits per heavy atom. The van der Waals surface area contributed by atoms with E-state index in [0.29, 0.717) is 31.0 Å². The molecule has 2 rings (SSSR count). The van der Waals surface area contributed by atoms with Gasteiger partial charge in [0.1, 0.15) is 0 Å². The molecule has 1 aliphatic heterocycles. The molecule has 1 aromatic heterocycles. The second-order valence-electron chi connectivity index (χ2n) is 5.49. The minimum absolute atomic E-state index is 0.0664. The Hall–Kier alpha value is -1.26. The number of hydrogen-bond acceptors (Lipinski definition) is 2. The Bertz CT molecular complexity index is 449. The fourth-order valence-corrected chi connectivity index (χ4v) is 2.66. The number of aromatic nitrogens is 1. The summed E-state index contributed by atoms with van der Waals surface area (Å²) in [4.78, 5) is 5.14. The third-order valence-electron chi connectivity index (χ3n) is 3.88. The summed E-state index contributed by atoms with van der Waals surface area (Å²) < 4.78 is 39.7. The van der Waals surface area contributed by atoms with Crippen LogP contribution in [0.3, 0.4) is 0 Å². The van der Waals surface area contributed by atoms with Gasteiger partial charge in [-0.2, -0.15) is 9.37 Å². The minimum atomic E-state index is -1.24. The largest absolute Gasteiger partial charge is 0.354 e. The van der Waals surface area contributed by atoms with Gasteiger partial charge in [0.2, 0.25) is 0 Å². The van der Waals surface area contributed by atoms with Gasteiger partial charge in [0.15, 0.2) is 17.5 Å². The highest BCUT2D eigenvalue weighted by molar-refractivity contribution is 5.40. The van der Waals surface area contributed by atoms with Gasteiger partial charge in [-0.25, -0.2) is 8.78 Å². The second-order valence-corrected chi connectivity index (χ2v) is 5.49. The number of nitrogens with zero attached hydrogens (tertiary/aromatic N) is 2. The number of rotatable bonds is 2. The van der Waals surface area contributed by atoms with Crippen LogP contribution in [-0.2, 0) is 0 Å². The van der Waals surface area contributed by atoms with Crippen LogP contribution in [0, 0.1) is 29.4 Å². The molecule has 0 aromatic carbocycles.